The van der Waals surface area contributed by atoms with Crippen LogP contribution in [0, 0.1) is 0 Å². The van der Waals surface area contributed by atoms with Crippen molar-refractivity contribution in [2.45, 2.75) is 31.1 Å². The molecule has 1 N–H and O–H groups in total. The summed E-state index contributed by atoms with van der Waals surface area (Å²) in [4.78, 5) is 19.2. The summed E-state index contributed by atoms with van der Waals surface area (Å²) in [5.41, 5.74) is 0.0579. The quantitative estimate of drug-likeness (QED) is 0.775. The van der Waals surface area contributed by atoms with E-state index in [9.17, 15) is 4.79 Å². The molecule has 0 spiro atoms. The predicted molar refractivity (Wildman–Crippen MR) is 111 cm³/mol. The van der Waals surface area contributed by atoms with Gasteiger partial charge in [0.05, 0.1) is 36.1 Å². The molecule has 0 saturated carbocycles. The molecule has 0 bridgehead atoms. The number of carbonyl (C=O) groups excluding carboxylic acids is 1. The van der Waals surface area contributed by atoms with E-state index < -0.39 is 10.3 Å². The van der Waals surface area contributed by atoms with Crippen molar-refractivity contribution in [1.82, 2.24) is 4.90 Å². The Labute approximate surface area is 169 Å². The number of hydrogen-bond acceptors (Lipinski definition) is 6. The van der Waals surface area contributed by atoms with Crippen LogP contribution >= 0.6 is 23.4 Å². The third-order valence-corrected chi connectivity index (χ3v) is 6.94. The summed E-state index contributed by atoms with van der Waals surface area (Å²) in [6.45, 7) is 10.5. The van der Waals surface area contributed by atoms with Gasteiger partial charge in [-0.05, 0) is 32.9 Å². The lowest BCUT2D eigenvalue weighted by molar-refractivity contribution is -0.129. The first-order chi connectivity index (χ1) is 12.8. The van der Waals surface area contributed by atoms with Gasteiger partial charge in [-0.25, -0.2) is 0 Å². The lowest BCUT2D eigenvalue weighted by Crippen LogP contribution is -2.52. The molecule has 0 radical (unpaired) electrons. The van der Waals surface area contributed by atoms with Gasteiger partial charge < -0.3 is 14.8 Å². The molecule has 0 aromatic heterocycles. The zero-order valence-electron chi connectivity index (χ0n) is 16.0. The number of anilines is 1. The lowest BCUT2D eigenvalue weighted by Gasteiger charge is -2.38. The second kappa shape index (κ2) is 8.49. The molecule has 1 amide bonds. The van der Waals surface area contributed by atoms with E-state index in [0.29, 0.717) is 16.8 Å². The number of aliphatic imine (C=N–C) groups is 1. The van der Waals surface area contributed by atoms with Crippen molar-refractivity contribution in [2.75, 3.05) is 44.8 Å². The second-order valence-corrected chi connectivity index (χ2v) is 9.09. The Morgan fingerprint density at radius 3 is 2.78 bits per heavy atom. The van der Waals surface area contributed by atoms with Gasteiger partial charge in [0.1, 0.15) is 4.75 Å². The highest BCUT2D eigenvalue weighted by atomic mass is 35.5. The topological polar surface area (TPSA) is 63.2 Å². The Kier molecular flexibility index (Phi) is 6.48. The molecular formula is C19H26ClN3O3S. The Hall–Kier alpha value is -1.12. The van der Waals surface area contributed by atoms with E-state index in [1.54, 1.807) is 6.07 Å². The van der Waals surface area contributed by atoms with Gasteiger partial charge in [-0.2, -0.15) is 4.99 Å². The van der Waals surface area contributed by atoms with Crippen molar-refractivity contribution < 1.29 is 14.3 Å². The molecule has 8 heteroatoms. The van der Waals surface area contributed by atoms with Crippen LogP contribution in [-0.2, 0) is 14.3 Å². The molecule has 1 unspecified atom stereocenters. The molecule has 3 rings (SSSR count). The number of para-hydroxylation sites is 1. The summed E-state index contributed by atoms with van der Waals surface area (Å²) >= 11 is 7.58. The highest BCUT2D eigenvalue weighted by Gasteiger charge is 2.53. The van der Waals surface area contributed by atoms with Crippen LogP contribution in [0.2, 0.25) is 5.02 Å². The molecule has 1 saturated heterocycles. The molecule has 2 aliphatic heterocycles. The third kappa shape index (κ3) is 4.66. The Morgan fingerprint density at radius 1 is 1.37 bits per heavy atom. The van der Waals surface area contributed by atoms with Gasteiger partial charge in [-0.15, -0.1) is 0 Å². The first kappa shape index (κ1) is 20.6. The van der Waals surface area contributed by atoms with Gasteiger partial charge in [-0.1, -0.05) is 35.5 Å². The van der Waals surface area contributed by atoms with Crippen LogP contribution in [0.25, 0.3) is 0 Å². The normalized spacial score (nSPS) is 24.1. The number of nitrogens with one attached hydrogen (secondary N) is 1. The monoisotopic (exact) mass is 411 g/mol. The number of benzene rings is 1. The van der Waals surface area contributed by atoms with E-state index in [-0.39, 0.29) is 5.91 Å². The van der Waals surface area contributed by atoms with Crippen LogP contribution in [0.3, 0.4) is 0 Å². The van der Waals surface area contributed by atoms with Gasteiger partial charge in [0.25, 0.3) is 5.91 Å². The third-order valence-electron chi connectivity index (χ3n) is 5.15. The second-order valence-electron chi connectivity index (χ2n) is 7.28. The van der Waals surface area contributed by atoms with Crippen LogP contribution in [0.15, 0.2) is 29.3 Å². The fourth-order valence-electron chi connectivity index (χ4n) is 2.96. The number of amides is 1. The van der Waals surface area contributed by atoms with Crippen LogP contribution in [0.4, 0.5) is 5.69 Å². The average molecular weight is 412 g/mol. The van der Waals surface area contributed by atoms with E-state index in [2.05, 4.69) is 15.2 Å². The number of rotatable bonds is 6. The number of hydrogen-bond donors (Lipinski definition) is 1. The average Bonchev–Trinajstić information content (AvgIpc) is 2.93. The summed E-state index contributed by atoms with van der Waals surface area (Å²) in [5, 5.41) is 4.29. The fourth-order valence-corrected chi connectivity index (χ4v) is 4.26. The van der Waals surface area contributed by atoms with Crippen LogP contribution in [0.5, 0.6) is 0 Å². The minimum absolute atomic E-state index is 0.196. The Morgan fingerprint density at radius 2 is 2.07 bits per heavy atom. The van der Waals surface area contributed by atoms with E-state index in [4.69, 9.17) is 21.1 Å². The standard InChI is InChI=1S/C19H26ClN3O3S/c1-18(2,26-13-10-23-8-11-25-12-9-23)19(3)16(24)22-17(27-19)21-15-7-5-4-6-14(15)20/h4-7H,8-13H2,1-3H3,(H,21,22,24). The van der Waals surface area contributed by atoms with Gasteiger partial charge in [0.2, 0.25) is 0 Å². The summed E-state index contributed by atoms with van der Waals surface area (Å²) in [5.74, 6) is -0.196. The smallest absolute Gasteiger partial charge is 0.267 e. The molecule has 1 atom stereocenters. The van der Waals surface area contributed by atoms with Gasteiger partial charge in [0, 0.05) is 19.6 Å². The fraction of sp³-hybridized carbons (Fsp3) is 0.579. The first-order valence-electron chi connectivity index (χ1n) is 9.09. The Bertz CT molecular complexity index is 722. The van der Waals surface area contributed by atoms with E-state index in [0.717, 1.165) is 38.5 Å². The minimum atomic E-state index is -0.804. The molecule has 1 fully saturated rings. The van der Waals surface area contributed by atoms with Crippen molar-refractivity contribution >= 4 is 40.1 Å². The molecule has 0 aliphatic carbocycles. The van der Waals surface area contributed by atoms with E-state index in [1.807, 2.05) is 39.0 Å². The number of amidine groups is 1. The zero-order chi connectivity index (χ0) is 19.5. The van der Waals surface area contributed by atoms with Gasteiger partial charge in [-0.3, -0.25) is 9.69 Å². The number of ether oxygens (including phenoxy) is 2. The van der Waals surface area contributed by atoms with Crippen LogP contribution < -0.4 is 5.32 Å². The van der Waals surface area contributed by atoms with Crippen LogP contribution in [-0.4, -0.2) is 65.8 Å². The number of halogens is 1. The molecule has 1 aromatic carbocycles. The van der Waals surface area contributed by atoms with E-state index in [1.165, 1.54) is 11.8 Å². The lowest BCUT2D eigenvalue weighted by atomic mass is 9.90. The van der Waals surface area contributed by atoms with Crippen LogP contribution in [0.1, 0.15) is 20.8 Å². The number of thioether (sulfide) groups is 1. The maximum atomic E-state index is 12.7. The minimum Gasteiger partial charge on any atom is -0.379 e. The SMILES string of the molecule is CC(C)(OCCN1CCOCC1)C1(C)SC(Nc2ccccc2Cl)=NC1=O. The molecule has 2 heterocycles. The Balaban J connectivity index is 1.59. The number of morpholine rings is 1. The maximum Gasteiger partial charge on any atom is 0.267 e. The first-order valence-corrected chi connectivity index (χ1v) is 10.3. The maximum absolute atomic E-state index is 12.7. The molecule has 148 valence electrons. The van der Waals surface area contributed by atoms with Crippen molar-refractivity contribution in [3.05, 3.63) is 29.3 Å². The molecule has 1 aromatic rings. The number of carbonyl (C=O) groups is 1. The van der Waals surface area contributed by atoms with Crippen molar-refractivity contribution in [3.8, 4) is 0 Å². The molecule has 27 heavy (non-hydrogen) atoms. The molecule has 2 aliphatic rings. The van der Waals surface area contributed by atoms with Crippen molar-refractivity contribution in [3.63, 3.8) is 0 Å². The highest BCUT2D eigenvalue weighted by molar-refractivity contribution is 8.16. The van der Waals surface area contributed by atoms with Gasteiger partial charge in [0.15, 0.2) is 5.17 Å². The predicted octanol–water partition coefficient (Wildman–Crippen LogP) is 3.27. The zero-order valence-corrected chi connectivity index (χ0v) is 17.5. The highest BCUT2D eigenvalue weighted by Crippen LogP contribution is 2.44. The van der Waals surface area contributed by atoms with Gasteiger partial charge >= 0.3 is 0 Å². The van der Waals surface area contributed by atoms with Crippen molar-refractivity contribution in [2.24, 2.45) is 4.99 Å². The molecular weight excluding hydrogens is 386 g/mol. The van der Waals surface area contributed by atoms with E-state index >= 15 is 0 Å². The summed E-state index contributed by atoms with van der Waals surface area (Å²) < 4.78 is 10.7. The summed E-state index contributed by atoms with van der Waals surface area (Å²) in [7, 11) is 0. The van der Waals surface area contributed by atoms with Crippen molar-refractivity contribution in [1.29, 1.82) is 0 Å². The summed E-state index contributed by atoms with van der Waals surface area (Å²) in [6.07, 6.45) is 0. The molecule has 6 nitrogen and oxygen atoms in total. The largest absolute Gasteiger partial charge is 0.379 e. The number of nitrogens with zero attached hydrogens (tertiary/aromatic N) is 2. The summed E-state index contributed by atoms with van der Waals surface area (Å²) in [6, 6.07) is 7.39.